The number of rotatable bonds is 3. The van der Waals surface area contributed by atoms with Gasteiger partial charge in [-0.05, 0) is 12.5 Å². The number of azide groups is 1. The Balaban J connectivity index is 2.34. The maximum absolute atomic E-state index is 11.7. The number of aromatic amines is 1. The Kier molecular flexibility index (Phi) is 3.91. The summed E-state index contributed by atoms with van der Waals surface area (Å²) in [4.78, 5) is 27.6. The number of hydrogen-bond acceptors (Lipinski definition) is 6. The van der Waals surface area contributed by atoms with E-state index < -0.39 is 35.8 Å². The molecule has 10 heteroatoms. The first-order valence-corrected chi connectivity index (χ1v) is 5.80. The third-order valence-corrected chi connectivity index (χ3v) is 3.08. The van der Waals surface area contributed by atoms with Crippen LogP contribution in [0.4, 0.5) is 0 Å². The lowest BCUT2D eigenvalue weighted by Gasteiger charge is -2.17. The van der Waals surface area contributed by atoms with Gasteiger partial charge in [-0.1, -0.05) is 5.11 Å². The zero-order valence-corrected chi connectivity index (χ0v) is 10.5. The number of nitrogens with zero attached hydrogens (tertiary/aromatic N) is 4. The van der Waals surface area contributed by atoms with E-state index in [4.69, 9.17) is 10.3 Å². The highest BCUT2D eigenvalue weighted by Gasteiger charge is 2.43. The van der Waals surface area contributed by atoms with E-state index in [1.807, 2.05) is 0 Å². The van der Waals surface area contributed by atoms with E-state index in [9.17, 15) is 19.8 Å². The number of aliphatic hydroxyl groups excluding tert-OH is 2. The van der Waals surface area contributed by atoms with Crippen LogP contribution in [0, 0.1) is 6.92 Å². The lowest BCUT2D eigenvalue weighted by atomic mass is 10.1. The molecule has 108 valence electrons. The molecule has 2 rings (SSSR count). The van der Waals surface area contributed by atoms with Crippen molar-refractivity contribution >= 4 is 0 Å². The molecule has 0 spiro atoms. The Hall–Kier alpha value is -2.13. The van der Waals surface area contributed by atoms with Gasteiger partial charge in [0.1, 0.15) is 12.2 Å². The number of aryl methyl sites for hydroxylation is 1. The van der Waals surface area contributed by atoms with Crippen LogP contribution < -0.4 is 11.2 Å². The van der Waals surface area contributed by atoms with Gasteiger partial charge in [0.2, 0.25) is 0 Å². The Labute approximate surface area is 111 Å². The molecule has 0 bridgehead atoms. The van der Waals surface area contributed by atoms with Crippen molar-refractivity contribution in [2.45, 2.75) is 31.5 Å². The van der Waals surface area contributed by atoms with Crippen molar-refractivity contribution in [3.05, 3.63) is 43.0 Å². The molecule has 2 heterocycles. The summed E-state index contributed by atoms with van der Waals surface area (Å²) in [6.07, 6.45) is -3.53. The predicted molar refractivity (Wildman–Crippen MR) is 66.0 cm³/mol. The van der Waals surface area contributed by atoms with Crippen molar-refractivity contribution in [2.75, 3.05) is 6.54 Å². The van der Waals surface area contributed by atoms with E-state index in [0.29, 0.717) is 0 Å². The summed E-state index contributed by atoms with van der Waals surface area (Å²) in [6, 6.07) is 0. The van der Waals surface area contributed by atoms with Gasteiger partial charge in [0.15, 0.2) is 6.23 Å². The number of H-pyrrole nitrogens is 1. The third-order valence-electron chi connectivity index (χ3n) is 3.08. The number of aliphatic hydroxyl groups is 2. The normalized spacial score (nSPS) is 29.1. The second-order valence-corrected chi connectivity index (χ2v) is 4.44. The Morgan fingerprint density at radius 2 is 2.20 bits per heavy atom. The summed E-state index contributed by atoms with van der Waals surface area (Å²) >= 11 is 0. The first kappa shape index (κ1) is 14.3. The topological polar surface area (TPSA) is 153 Å². The van der Waals surface area contributed by atoms with Gasteiger partial charge in [0.25, 0.3) is 5.56 Å². The highest BCUT2D eigenvalue weighted by Crippen LogP contribution is 2.28. The first-order valence-electron chi connectivity index (χ1n) is 5.80. The molecule has 0 aromatic carbocycles. The summed E-state index contributed by atoms with van der Waals surface area (Å²) in [7, 11) is 0. The summed E-state index contributed by atoms with van der Waals surface area (Å²) in [5.74, 6) is 0. The van der Waals surface area contributed by atoms with Crippen LogP contribution in [0.3, 0.4) is 0 Å². The molecule has 0 unspecified atom stereocenters. The van der Waals surface area contributed by atoms with Gasteiger partial charge in [0, 0.05) is 16.7 Å². The van der Waals surface area contributed by atoms with Crippen molar-refractivity contribution < 1.29 is 14.9 Å². The van der Waals surface area contributed by atoms with Crippen LogP contribution in [0.15, 0.2) is 20.9 Å². The SMILES string of the molecule is Cc1cn([C@@H]2O[C@H](CN=[N+]=[N-])[C@@H](O)[C@H]2O)c(=O)[nH]c1=O. The van der Waals surface area contributed by atoms with Crippen LogP contribution in [0.2, 0.25) is 0 Å². The first-order chi connectivity index (χ1) is 9.45. The smallest absolute Gasteiger partial charge is 0.330 e. The van der Waals surface area contributed by atoms with Crippen LogP contribution in [-0.4, -0.2) is 44.6 Å². The van der Waals surface area contributed by atoms with Gasteiger partial charge >= 0.3 is 5.69 Å². The third kappa shape index (κ3) is 2.45. The van der Waals surface area contributed by atoms with E-state index in [-0.39, 0.29) is 12.1 Å². The monoisotopic (exact) mass is 283 g/mol. The minimum Gasteiger partial charge on any atom is -0.388 e. The molecular formula is C10H13N5O5. The van der Waals surface area contributed by atoms with Gasteiger partial charge < -0.3 is 14.9 Å². The molecule has 20 heavy (non-hydrogen) atoms. The van der Waals surface area contributed by atoms with E-state index in [0.717, 1.165) is 4.57 Å². The van der Waals surface area contributed by atoms with Crippen LogP contribution in [0.1, 0.15) is 11.8 Å². The summed E-state index contributed by atoms with van der Waals surface area (Å²) in [5, 5.41) is 22.9. The zero-order valence-electron chi connectivity index (χ0n) is 10.5. The molecule has 0 amide bonds. The molecule has 3 N–H and O–H groups in total. The highest BCUT2D eigenvalue weighted by molar-refractivity contribution is 5.03. The molecule has 10 nitrogen and oxygen atoms in total. The average molecular weight is 283 g/mol. The predicted octanol–water partition coefficient (Wildman–Crippen LogP) is -1.23. The fourth-order valence-electron chi connectivity index (χ4n) is 2.00. The second-order valence-electron chi connectivity index (χ2n) is 4.44. The molecule has 1 fully saturated rings. The molecule has 1 aromatic heterocycles. The number of nitrogens with one attached hydrogen (secondary N) is 1. The highest BCUT2D eigenvalue weighted by atomic mass is 16.6. The molecule has 1 aliphatic rings. The Bertz CT molecular complexity index is 661. The van der Waals surface area contributed by atoms with E-state index >= 15 is 0 Å². The average Bonchev–Trinajstić information content (AvgIpc) is 2.68. The van der Waals surface area contributed by atoms with Crippen molar-refractivity contribution in [1.29, 1.82) is 0 Å². The fraction of sp³-hybridized carbons (Fsp3) is 0.600. The summed E-state index contributed by atoms with van der Waals surface area (Å²) in [5.41, 5.74) is 7.19. The van der Waals surface area contributed by atoms with E-state index in [2.05, 4.69) is 15.0 Å². The van der Waals surface area contributed by atoms with E-state index in [1.165, 1.54) is 13.1 Å². The molecule has 1 saturated heterocycles. The van der Waals surface area contributed by atoms with Gasteiger partial charge in [-0.3, -0.25) is 14.3 Å². The summed E-state index contributed by atoms with van der Waals surface area (Å²) < 4.78 is 6.31. The lowest BCUT2D eigenvalue weighted by Crippen LogP contribution is -2.38. The summed E-state index contributed by atoms with van der Waals surface area (Å²) in [6.45, 7) is 1.31. The number of hydrogen-bond donors (Lipinski definition) is 3. The van der Waals surface area contributed by atoms with Crippen molar-refractivity contribution in [3.63, 3.8) is 0 Å². The lowest BCUT2D eigenvalue weighted by molar-refractivity contribution is -0.0373. The standard InChI is InChI=1S/C10H13N5O5/c1-4-3-15(10(19)13-8(4)18)9-7(17)6(16)5(20-9)2-12-14-11/h3,5-7,9,16-17H,2H2,1H3,(H,13,18,19)/t5-,6-,7-,9-/m1/s1. The van der Waals surface area contributed by atoms with E-state index in [1.54, 1.807) is 0 Å². The molecule has 0 aliphatic carbocycles. The van der Waals surface area contributed by atoms with Crippen LogP contribution in [-0.2, 0) is 4.74 Å². The Morgan fingerprint density at radius 3 is 2.85 bits per heavy atom. The minimum atomic E-state index is -1.38. The second kappa shape index (κ2) is 5.47. The number of ether oxygens (including phenoxy) is 1. The van der Waals surface area contributed by atoms with Crippen molar-refractivity contribution in [2.24, 2.45) is 5.11 Å². The van der Waals surface area contributed by atoms with Gasteiger partial charge in [-0.25, -0.2) is 4.79 Å². The van der Waals surface area contributed by atoms with Crippen LogP contribution in [0.25, 0.3) is 10.4 Å². The molecule has 1 aromatic rings. The molecule has 0 saturated carbocycles. The number of aromatic nitrogens is 2. The van der Waals surface area contributed by atoms with Crippen molar-refractivity contribution in [3.8, 4) is 0 Å². The zero-order chi connectivity index (χ0) is 14.9. The quantitative estimate of drug-likeness (QED) is 0.360. The molecule has 0 radical (unpaired) electrons. The van der Waals surface area contributed by atoms with Crippen LogP contribution in [0.5, 0.6) is 0 Å². The van der Waals surface area contributed by atoms with Gasteiger partial charge in [0.05, 0.1) is 12.6 Å². The Morgan fingerprint density at radius 1 is 1.50 bits per heavy atom. The van der Waals surface area contributed by atoms with Gasteiger partial charge in [-0.2, -0.15) is 0 Å². The van der Waals surface area contributed by atoms with Crippen molar-refractivity contribution in [1.82, 2.24) is 9.55 Å². The fourth-order valence-corrected chi connectivity index (χ4v) is 2.00. The molecule has 1 aliphatic heterocycles. The van der Waals surface area contributed by atoms with Gasteiger partial charge in [-0.15, -0.1) is 0 Å². The largest absolute Gasteiger partial charge is 0.388 e. The molecule has 4 atom stereocenters. The maximum atomic E-state index is 11.7. The van der Waals surface area contributed by atoms with Crippen LogP contribution >= 0.6 is 0 Å². The molecular weight excluding hydrogens is 270 g/mol. The maximum Gasteiger partial charge on any atom is 0.330 e. The minimum absolute atomic E-state index is 0.178.